The summed E-state index contributed by atoms with van der Waals surface area (Å²) in [7, 11) is 0. The Balaban J connectivity index is 0.000000313. The van der Waals surface area contributed by atoms with Crippen LogP contribution in [0.1, 0.15) is 50.1 Å². The molecule has 0 atom stereocenters. The minimum absolute atomic E-state index is 0.615. The molecule has 4 nitrogen and oxygen atoms in total. The van der Waals surface area contributed by atoms with Crippen LogP contribution in [0.2, 0.25) is 0 Å². The summed E-state index contributed by atoms with van der Waals surface area (Å²) in [5.74, 6) is 0. The topological polar surface area (TPSA) is 52.6 Å². The number of halogens is 24. The number of rotatable bonds is 8. The number of fused-ring (bicyclic) bond motifs is 1. The number of alkyl halides is 24. The number of azide groups is 1. The van der Waals surface area contributed by atoms with E-state index in [1.54, 1.807) is 0 Å². The number of hydrogen-bond donors (Lipinski definition) is 0. The van der Waals surface area contributed by atoms with Crippen molar-refractivity contribution in [3.63, 3.8) is 0 Å². The van der Waals surface area contributed by atoms with Crippen molar-refractivity contribution in [1.29, 1.82) is 0 Å². The van der Waals surface area contributed by atoms with Crippen LogP contribution in [0, 0.1) is 0 Å². The lowest BCUT2D eigenvalue weighted by Crippen LogP contribution is -2.75. The lowest BCUT2D eigenvalue weighted by Gasteiger charge is -2.46. The largest absolute Gasteiger partial charge is 0.416 e. The molecule has 8 aromatic rings. The zero-order valence-electron chi connectivity index (χ0n) is 40.7. The molecular formula is C54H29BF24N4. The molecule has 0 saturated heterocycles. The molecule has 0 aliphatic heterocycles. The zero-order chi connectivity index (χ0) is 61.7. The summed E-state index contributed by atoms with van der Waals surface area (Å²) in [6, 6.07) is 19.8. The van der Waals surface area contributed by atoms with Gasteiger partial charge in [0, 0.05) is 27.8 Å². The summed E-state index contributed by atoms with van der Waals surface area (Å²) in [5, 5.41) is 6.11. The first-order valence-corrected chi connectivity index (χ1v) is 23.1. The van der Waals surface area contributed by atoms with Crippen LogP contribution < -0.4 is 26.4 Å². The van der Waals surface area contributed by atoms with Crippen LogP contribution in [-0.2, 0) is 56.0 Å². The zero-order valence-corrected chi connectivity index (χ0v) is 40.7. The number of pyridine rings is 1. The third-order valence-corrected chi connectivity index (χ3v) is 12.9. The molecule has 7 aromatic carbocycles. The maximum atomic E-state index is 14.2. The highest BCUT2D eigenvalue weighted by Crippen LogP contribution is 2.42. The van der Waals surface area contributed by atoms with Crippen molar-refractivity contribution in [3.05, 3.63) is 224 Å². The van der Waals surface area contributed by atoms with Crippen LogP contribution in [-0.4, -0.2) is 6.15 Å². The van der Waals surface area contributed by atoms with Crippen molar-refractivity contribution >= 4 is 44.5 Å². The third kappa shape index (κ3) is 13.9. The first-order valence-electron chi connectivity index (χ1n) is 23.1. The average molecular weight is 1200 g/mol. The number of aromatic nitrogens is 1. The van der Waals surface area contributed by atoms with Gasteiger partial charge in [0.05, 0.1) is 49.9 Å². The molecule has 83 heavy (non-hydrogen) atoms. The molecule has 0 aliphatic rings. The van der Waals surface area contributed by atoms with E-state index in [9.17, 15) is 105 Å². The van der Waals surface area contributed by atoms with Crippen molar-refractivity contribution in [1.82, 2.24) is 0 Å². The Bertz CT molecular complexity index is 3300. The molecule has 0 unspecified atom stereocenters. The van der Waals surface area contributed by atoms with Crippen LogP contribution in [0.4, 0.5) is 111 Å². The van der Waals surface area contributed by atoms with E-state index in [4.69, 9.17) is 5.53 Å². The Labute approximate surface area is 450 Å². The van der Waals surface area contributed by atoms with Crippen LogP contribution in [0.25, 0.3) is 32.5 Å². The van der Waals surface area contributed by atoms with Gasteiger partial charge in [0.15, 0.2) is 12.7 Å². The third-order valence-electron chi connectivity index (χ3n) is 12.9. The van der Waals surface area contributed by atoms with Crippen molar-refractivity contribution in [2.45, 2.75) is 56.0 Å². The standard InChI is InChI=1S/C32H12BF24.C22H17N4/c34-25(35,36)13-1-14(26(37,38)39)6-21(5-13)33(22-7-15(27(40,41)42)2-16(8-22)28(43,44)45,23-9-17(29(46,47)48)3-18(10-23)30(49,50)51)24-11-19(31(52,53)54)4-20(12-24)32(55,56)57;23-25-24-20-11-6-10-19(15-20)22-21-12-5-4-9-18(21)13-14-26(22)16-17-7-2-1-3-8-17/h1-12H;1-15H,16H2/q-1;+1. The quantitative estimate of drug-likeness (QED) is 0.0364. The summed E-state index contributed by atoms with van der Waals surface area (Å²) in [4.78, 5) is 2.91. The Hall–Kier alpha value is -8.36. The summed E-state index contributed by atoms with van der Waals surface area (Å²) < 4.78 is 343. The van der Waals surface area contributed by atoms with E-state index < -0.39 is 195 Å². The minimum Gasteiger partial charge on any atom is -0.194 e. The van der Waals surface area contributed by atoms with E-state index in [1.165, 1.54) is 16.3 Å². The van der Waals surface area contributed by atoms with Gasteiger partial charge in [-0.25, -0.2) is 0 Å². The minimum atomic E-state index is -6.13. The summed E-state index contributed by atoms with van der Waals surface area (Å²) in [5.41, 5.74) is -17.5. The van der Waals surface area contributed by atoms with Crippen molar-refractivity contribution < 1.29 is 110 Å². The second-order valence-electron chi connectivity index (χ2n) is 18.3. The second-order valence-corrected chi connectivity index (χ2v) is 18.3. The van der Waals surface area contributed by atoms with Gasteiger partial charge in [-0.05, 0) is 53.4 Å². The van der Waals surface area contributed by atoms with E-state index in [-0.39, 0.29) is 0 Å². The normalized spacial score (nSPS) is 13.1. The molecule has 0 fully saturated rings. The molecule has 0 radical (unpaired) electrons. The van der Waals surface area contributed by atoms with Crippen LogP contribution >= 0.6 is 0 Å². The van der Waals surface area contributed by atoms with E-state index >= 15 is 0 Å². The van der Waals surface area contributed by atoms with Gasteiger partial charge in [0.1, 0.15) is 6.15 Å². The first-order chi connectivity index (χ1) is 38.1. The molecule has 1 heterocycles. The molecular weight excluding hydrogens is 1170 g/mol. The molecule has 8 rings (SSSR count). The van der Waals surface area contributed by atoms with E-state index in [0.29, 0.717) is 5.69 Å². The lowest BCUT2D eigenvalue weighted by molar-refractivity contribution is -0.676. The monoisotopic (exact) mass is 1200 g/mol. The molecule has 0 bridgehead atoms. The van der Waals surface area contributed by atoms with Crippen LogP contribution in [0.15, 0.2) is 169 Å². The average Bonchev–Trinajstić information content (AvgIpc) is 0.934. The SMILES string of the molecule is FC(F)(F)c1cc([B-](c2cc(C(F)(F)F)cc(C(F)(F)F)c2)(c2cc(C(F)(F)F)cc(C(F)(F)F)c2)c2cc(C(F)(F)F)cc(C(F)(F)F)c2)cc(C(F)(F)F)c1.[N-]=[N+]=Nc1cccc(-c2c3ccccc3cc[n+]2Cc2ccccc2)c1. The van der Waals surface area contributed by atoms with Gasteiger partial charge in [-0.15, -0.1) is 0 Å². The van der Waals surface area contributed by atoms with E-state index in [2.05, 4.69) is 75.4 Å². The van der Waals surface area contributed by atoms with Gasteiger partial charge < -0.3 is 0 Å². The van der Waals surface area contributed by atoms with Gasteiger partial charge in [-0.2, -0.15) is 132 Å². The number of nitrogens with zero attached hydrogens (tertiary/aromatic N) is 4. The van der Waals surface area contributed by atoms with Crippen molar-refractivity contribution in [3.8, 4) is 11.3 Å². The first kappa shape index (κ1) is 62.2. The molecule has 0 N–H and O–H groups in total. The fraction of sp³-hybridized carbons (Fsp3) is 0.167. The van der Waals surface area contributed by atoms with Crippen LogP contribution in [0.5, 0.6) is 0 Å². The highest BCUT2D eigenvalue weighted by molar-refractivity contribution is 7.20. The molecule has 0 spiro atoms. The maximum Gasteiger partial charge on any atom is 0.416 e. The molecule has 1 aromatic heterocycles. The fourth-order valence-electron chi connectivity index (χ4n) is 9.33. The molecule has 0 amide bonds. The van der Waals surface area contributed by atoms with Gasteiger partial charge in [0.2, 0.25) is 5.69 Å². The predicted octanol–water partition coefficient (Wildman–Crippen LogP) is 17.0. The fourth-order valence-corrected chi connectivity index (χ4v) is 9.33. The van der Waals surface area contributed by atoms with Crippen LogP contribution in [0.3, 0.4) is 0 Å². The molecule has 0 saturated carbocycles. The summed E-state index contributed by atoms with van der Waals surface area (Å²) >= 11 is 0. The summed E-state index contributed by atoms with van der Waals surface area (Å²) in [6.45, 7) is 0.771. The molecule has 29 heteroatoms. The number of hydrogen-bond acceptors (Lipinski definition) is 1. The maximum absolute atomic E-state index is 14.2. The Morgan fingerprint density at radius 2 is 0.687 bits per heavy atom. The second kappa shape index (κ2) is 22.1. The Kier molecular flexibility index (Phi) is 16.6. The Morgan fingerprint density at radius 1 is 0.361 bits per heavy atom. The van der Waals surface area contributed by atoms with E-state index in [1.807, 2.05) is 30.3 Å². The van der Waals surface area contributed by atoms with Gasteiger partial charge in [0.25, 0.3) is 0 Å². The highest BCUT2D eigenvalue weighted by Gasteiger charge is 2.47. The van der Waals surface area contributed by atoms with E-state index in [0.717, 1.165) is 17.8 Å². The predicted molar refractivity (Wildman–Crippen MR) is 254 cm³/mol. The molecule has 436 valence electrons. The Morgan fingerprint density at radius 3 is 1.01 bits per heavy atom. The number of benzene rings is 7. The van der Waals surface area contributed by atoms with Gasteiger partial charge in [-0.1, -0.05) is 114 Å². The summed E-state index contributed by atoms with van der Waals surface area (Å²) in [6.07, 6.45) is -52.7. The van der Waals surface area contributed by atoms with Gasteiger partial charge in [-0.3, -0.25) is 0 Å². The van der Waals surface area contributed by atoms with Gasteiger partial charge >= 0.3 is 49.4 Å². The molecule has 0 aliphatic carbocycles. The highest BCUT2D eigenvalue weighted by atomic mass is 19.4. The smallest absolute Gasteiger partial charge is 0.194 e. The van der Waals surface area contributed by atoms with Crippen molar-refractivity contribution in [2.24, 2.45) is 5.11 Å². The van der Waals surface area contributed by atoms with Crippen molar-refractivity contribution in [2.75, 3.05) is 0 Å². The lowest BCUT2D eigenvalue weighted by atomic mass is 9.12.